The van der Waals surface area contributed by atoms with Crippen molar-refractivity contribution >= 4 is 5.97 Å². The fraction of sp³-hybridized carbons (Fsp3) is 0.273. The molecule has 1 N–H and O–H groups in total. The molecule has 0 aliphatic carbocycles. The largest absolute Gasteiger partial charge is 0.493 e. The number of ether oxygens (including phenoxy) is 1. The number of carboxylic acids is 1. The molecule has 0 unspecified atom stereocenters. The monoisotopic (exact) mass is 307 g/mol. The van der Waals surface area contributed by atoms with Gasteiger partial charge in [0.25, 0.3) is 0 Å². The van der Waals surface area contributed by atoms with Crippen LogP contribution in [0.4, 0.5) is 4.39 Å². The molecule has 2 rings (SSSR count). The molecule has 0 spiro atoms. The number of hydrogen-bond donors (Lipinski definition) is 1. The van der Waals surface area contributed by atoms with E-state index in [1.54, 1.807) is 0 Å². The van der Waals surface area contributed by atoms with Crippen LogP contribution in [0, 0.1) is 5.82 Å². The maximum absolute atomic E-state index is 13.5. The summed E-state index contributed by atoms with van der Waals surface area (Å²) in [6, 6.07) is 2.72. The standard InChI is InChI=1S/C11H10FN7O3/c12-10-3-8(1-2-9(10)11(20)21)22-5-7(16-17-13)4-19-15-6-14-18-19/h1-3,6-7H,4-5H2,(H,20,21)/t7-/m1/s1. The van der Waals surface area contributed by atoms with Crippen molar-refractivity contribution in [3.05, 3.63) is 46.3 Å². The van der Waals surface area contributed by atoms with E-state index in [2.05, 4.69) is 25.4 Å². The van der Waals surface area contributed by atoms with Crippen LogP contribution in [0.15, 0.2) is 29.6 Å². The number of halogens is 1. The quantitative estimate of drug-likeness (QED) is 0.464. The summed E-state index contributed by atoms with van der Waals surface area (Å²) in [5.74, 6) is -2.16. The molecule has 0 aliphatic rings. The van der Waals surface area contributed by atoms with E-state index < -0.39 is 23.4 Å². The Morgan fingerprint density at radius 3 is 3.00 bits per heavy atom. The lowest BCUT2D eigenvalue weighted by molar-refractivity contribution is 0.0692. The van der Waals surface area contributed by atoms with E-state index in [1.807, 2.05) is 0 Å². The van der Waals surface area contributed by atoms with Gasteiger partial charge in [0, 0.05) is 11.0 Å². The molecule has 0 radical (unpaired) electrons. The summed E-state index contributed by atoms with van der Waals surface area (Å²) < 4.78 is 18.8. The Kier molecular flexibility index (Phi) is 4.83. The van der Waals surface area contributed by atoms with Gasteiger partial charge in [-0.05, 0) is 22.9 Å². The van der Waals surface area contributed by atoms with Crippen molar-refractivity contribution in [2.75, 3.05) is 6.61 Å². The van der Waals surface area contributed by atoms with Gasteiger partial charge in [-0.25, -0.2) is 9.18 Å². The predicted octanol–water partition coefficient (Wildman–Crippen LogP) is 1.27. The van der Waals surface area contributed by atoms with Crippen molar-refractivity contribution in [1.82, 2.24) is 20.2 Å². The van der Waals surface area contributed by atoms with Crippen molar-refractivity contribution in [2.24, 2.45) is 5.11 Å². The number of rotatable bonds is 7. The highest BCUT2D eigenvalue weighted by atomic mass is 19.1. The molecule has 1 heterocycles. The van der Waals surface area contributed by atoms with Crippen LogP contribution in [-0.4, -0.2) is 43.9 Å². The van der Waals surface area contributed by atoms with E-state index in [1.165, 1.54) is 17.2 Å². The molecular formula is C11H10FN7O3. The number of aromatic nitrogens is 4. The summed E-state index contributed by atoms with van der Waals surface area (Å²) in [4.78, 5) is 14.6. The molecule has 10 nitrogen and oxygen atoms in total. The molecule has 1 aromatic heterocycles. The van der Waals surface area contributed by atoms with E-state index in [0.29, 0.717) is 0 Å². The number of tetrazole rings is 1. The van der Waals surface area contributed by atoms with Crippen molar-refractivity contribution in [3.8, 4) is 5.75 Å². The van der Waals surface area contributed by atoms with Gasteiger partial charge in [-0.15, -0.1) is 10.2 Å². The Hall–Kier alpha value is -3.20. The minimum atomic E-state index is -1.37. The van der Waals surface area contributed by atoms with Crippen LogP contribution in [0.2, 0.25) is 0 Å². The zero-order chi connectivity index (χ0) is 15.9. The molecule has 0 saturated heterocycles. The Morgan fingerprint density at radius 2 is 2.41 bits per heavy atom. The second-order valence-corrected chi connectivity index (χ2v) is 4.11. The van der Waals surface area contributed by atoms with Crippen LogP contribution in [0.1, 0.15) is 10.4 Å². The molecule has 0 fully saturated rings. The predicted molar refractivity (Wildman–Crippen MR) is 69.6 cm³/mol. The van der Waals surface area contributed by atoms with E-state index in [0.717, 1.165) is 12.1 Å². The fourth-order valence-corrected chi connectivity index (χ4v) is 1.61. The van der Waals surface area contributed by atoms with Crippen LogP contribution in [-0.2, 0) is 6.54 Å². The number of azide groups is 1. The topological polar surface area (TPSA) is 139 Å². The van der Waals surface area contributed by atoms with Crippen molar-refractivity contribution < 1.29 is 19.0 Å². The van der Waals surface area contributed by atoms with E-state index in [-0.39, 0.29) is 18.9 Å². The van der Waals surface area contributed by atoms with Crippen LogP contribution < -0.4 is 4.74 Å². The van der Waals surface area contributed by atoms with E-state index in [9.17, 15) is 9.18 Å². The summed E-state index contributed by atoms with van der Waals surface area (Å²) in [5.41, 5.74) is 8.06. The molecule has 11 heteroatoms. The van der Waals surface area contributed by atoms with Gasteiger partial charge in [0.05, 0.1) is 24.8 Å². The first kappa shape index (κ1) is 15.2. The summed E-state index contributed by atoms with van der Waals surface area (Å²) in [5, 5.41) is 23.2. The van der Waals surface area contributed by atoms with Crippen molar-refractivity contribution in [3.63, 3.8) is 0 Å². The van der Waals surface area contributed by atoms with Gasteiger partial charge in [0.2, 0.25) is 0 Å². The highest BCUT2D eigenvalue weighted by Crippen LogP contribution is 2.17. The summed E-state index contributed by atoms with van der Waals surface area (Å²) in [7, 11) is 0. The van der Waals surface area contributed by atoms with Crippen LogP contribution in [0.25, 0.3) is 10.4 Å². The normalized spacial score (nSPS) is 11.5. The number of carbonyl (C=O) groups is 1. The third-order valence-electron chi connectivity index (χ3n) is 2.59. The molecule has 2 aromatic rings. The molecular weight excluding hydrogens is 297 g/mol. The Balaban J connectivity index is 2.01. The van der Waals surface area contributed by atoms with Crippen molar-refractivity contribution in [1.29, 1.82) is 0 Å². The van der Waals surface area contributed by atoms with Crippen LogP contribution in [0.3, 0.4) is 0 Å². The lowest BCUT2D eigenvalue weighted by Crippen LogP contribution is -2.23. The van der Waals surface area contributed by atoms with Gasteiger partial charge in [0.1, 0.15) is 11.6 Å². The second-order valence-electron chi connectivity index (χ2n) is 4.11. The molecule has 114 valence electrons. The summed E-state index contributed by atoms with van der Waals surface area (Å²) in [6.45, 7) is 0.0806. The first-order valence-corrected chi connectivity index (χ1v) is 6.00. The van der Waals surface area contributed by atoms with E-state index in [4.69, 9.17) is 15.4 Å². The maximum atomic E-state index is 13.5. The van der Waals surface area contributed by atoms with Gasteiger partial charge in [0.15, 0.2) is 6.33 Å². The number of hydrogen-bond acceptors (Lipinski definition) is 6. The van der Waals surface area contributed by atoms with Gasteiger partial charge in [-0.2, -0.15) is 4.80 Å². The first-order valence-electron chi connectivity index (χ1n) is 6.00. The first-order chi connectivity index (χ1) is 10.6. The number of carboxylic acid groups (broad SMARTS) is 1. The Morgan fingerprint density at radius 1 is 1.59 bits per heavy atom. The molecule has 1 atom stereocenters. The molecule has 1 aromatic carbocycles. The summed E-state index contributed by atoms with van der Waals surface area (Å²) in [6.07, 6.45) is 1.23. The minimum Gasteiger partial charge on any atom is -0.493 e. The second kappa shape index (κ2) is 6.99. The molecule has 0 amide bonds. The SMILES string of the molecule is [N-]=[N+]=N[C@@H](COc1ccc(C(=O)O)c(F)c1)Cn1ncnn1. The van der Waals surface area contributed by atoms with Gasteiger partial charge in [-0.3, -0.25) is 0 Å². The molecule has 22 heavy (non-hydrogen) atoms. The smallest absolute Gasteiger partial charge is 0.338 e. The fourth-order valence-electron chi connectivity index (χ4n) is 1.61. The molecule has 0 aliphatic heterocycles. The number of aromatic carboxylic acids is 1. The lowest BCUT2D eigenvalue weighted by Gasteiger charge is -2.12. The summed E-state index contributed by atoms with van der Waals surface area (Å²) >= 11 is 0. The lowest BCUT2D eigenvalue weighted by atomic mass is 10.2. The zero-order valence-electron chi connectivity index (χ0n) is 11.1. The number of nitrogens with zero attached hydrogens (tertiary/aromatic N) is 7. The van der Waals surface area contributed by atoms with Gasteiger partial charge >= 0.3 is 5.97 Å². The molecule has 0 saturated carbocycles. The van der Waals surface area contributed by atoms with Gasteiger partial charge in [-0.1, -0.05) is 5.11 Å². The third kappa shape index (κ3) is 3.90. The Labute approximate surface area is 122 Å². The van der Waals surface area contributed by atoms with Gasteiger partial charge < -0.3 is 9.84 Å². The highest BCUT2D eigenvalue weighted by Gasteiger charge is 2.13. The minimum absolute atomic E-state index is 0.0581. The van der Waals surface area contributed by atoms with E-state index >= 15 is 0 Å². The van der Waals surface area contributed by atoms with Crippen LogP contribution in [0.5, 0.6) is 5.75 Å². The number of benzene rings is 1. The highest BCUT2D eigenvalue weighted by molar-refractivity contribution is 5.88. The Bertz CT molecular complexity index is 700. The van der Waals surface area contributed by atoms with Crippen LogP contribution >= 0.6 is 0 Å². The maximum Gasteiger partial charge on any atom is 0.338 e. The average molecular weight is 307 g/mol. The average Bonchev–Trinajstić information content (AvgIpc) is 2.97. The van der Waals surface area contributed by atoms with Crippen molar-refractivity contribution in [2.45, 2.75) is 12.6 Å². The molecule has 0 bridgehead atoms. The third-order valence-corrected chi connectivity index (χ3v) is 2.59. The zero-order valence-corrected chi connectivity index (χ0v) is 11.1.